The van der Waals surface area contributed by atoms with Crippen LogP contribution in [0.15, 0.2) is 12.1 Å². The van der Waals surface area contributed by atoms with Crippen LogP contribution < -0.4 is 0 Å². The molecule has 0 atom stereocenters. The van der Waals surface area contributed by atoms with Crippen LogP contribution in [0.4, 0.5) is 0 Å². The molecule has 18 heavy (non-hydrogen) atoms. The van der Waals surface area contributed by atoms with E-state index < -0.39 is 0 Å². The molecule has 0 aliphatic carbocycles. The van der Waals surface area contributed by atoms with Crippen LogP contribution in [-0.4, -0.2) is 36.2 Å². The molecular formula is C15H22N2O. The van der Waals surface area contributed by atoms with Crippen molar-refractivity contribution in [2.45, 2.75) is 32.7 Å². The van der Waals surface area contributed by atoms with Crippen molar-refractivity contribution in [3.8, 4) is 0 Å². The number of hydrogen-bond acceptors (Lipinski definition) is 3. The molecule has 1 aromatic heterocycles. The summed E-state index contributed by atoms with van der Waals surface area (Å²) in [6.45, 7) is 7.55. The highest BCUT2D eigenvalue weighted by molar-refractivity contribution is 5.25. The van der Waals surface area contributed by atoms with Crippen molar-refractivity contribution in [1.82, 2.24) is 9.88 Å². The van der Waals surface area contributed by atoms with Gasteiger partial charge in [-0.3, -0.25) is 9.88 Å². The van der Waals surface area contributed by atoms with Crippen LogP contribution >= 0.6 is 0 Å². The van der Waals surface area contributed by atoms with Crippen LogP contribution in [0.3, 0.4) is 0 Å². The molecule has 2 aliphatic rings. The number of nitrogens with zero attached hydrogens (tertiary/aromatic N) is 2. The molecule has 1 aromatic rings. The third-order valence-corrected chi connectivity index (χ3v) is 3.91. The molecule has 0 amide bonds. The molecule has 1 fully saturated rings. The number of hydrogen-bond donors (Lipinski definition) is 0. The van der Waals surface area contributed by atoms with Gasteiger partial charge in [-0.25, -0.2) is 0 Å². The van der Waals surface area contributed by atoms with Gasteiger partial charge in [-0.05, 0) is 18.1 Å². The molecule has 1 saturated heterocycles. The minimum Gasteiger partial charge on any atom is -0.381 e. The van der Waals surface area contributed by atoms with Crippen LogP contribution in [0.1, 0.15) is 30.3 Å². The fourth-order valence-electron chi connectivity index (χ4n) is 2.83. The van der Waals surface area contributed by atoms with Gasteiger partial charge in [0.1, 0.15) is 0 Å². The van der Waals surface area contributed by atoms with Crippen molar-refractivity contribution in [3.63, 3.8) is 0 Å². The Labute approximate surface area is 109 Å². The lowest BCUT2D eigenvalue weighted by Gasteiger charge is -2.34. The van der Waals surface area contributed by atoms with E-state index in [2.05, 4.69) is 24.0 Å². The molecule has 0 saturated carbocycles. The molecule has 3 nitrogen and oxygen atoms in total. The van der Waals surface area contributed by atoms with E-state index in [1.807, 2.05) is 0 Å². The Morgan fingerprint density at radius 1 is 1.39 bits per heavy atom. The molecular weight excluding hydrogens is 224 g/mol. The van der Waals surface area contributed by atoms with E-state index >= 15 is 0 Å². The Balaban J connectivity index is 1.65. The van der Waals surface area contributed by atoms with E-state index in [9.17, 15) is 0 Å². The molecule has 0 unspecified atom stereocenters. The summed E-state index contributed by atoms with van der Waals surface area (Å²) in [5.74, 6) is 0.763. The lowest BCUT2D eigenvalue weighted by molar-refractivity contribution is -0.0480. The molecule has 98 valence electrons. The second-order valence-electron chi connectivity index (χ2n) is 5.55. The van der Waals surface area contributed by atoms with E-state index in [0.717, 1.165) is 45.1 Å². The quantitative estimate of drug-likeness (QED) is 0.813. The summed E-state index contributed by atoms with van der Waals surface area (Å²) in [4.78, 5) is 7.35. The topological polar surface area (TPSA) is 25.4 Å². The molecule has 3 rings (SSSR count). The lowest BCUT2D eigenvalue weighted by Crippen LogP contribution is -2.41. The maximum atomic E-state index is 5.25. The van der Waals surface area contributed by atoms with Gasteiger partial charge in [-0.15, -0.1) is 0 Å². The second kappa shape index (κ2) is 5.37. The summed E-state index contributed by atoms with van der Waals surface area (Å²) in [7, 11) is 0. The monoisotopic (exact) mass is 246 g/mol. The van der Waals surface area contributed by atoms with Gasteiger partial charge in [-0.1, -0.05) is 19.4 Å². The summed E-state index contributed by atoms with van der Waals surface area (Å²) in [5, 5.41) is 0. The average Bonchev–Trinajstić information content (AvgIpc) is 2.34. The van der Waals surface area contributed by atoms with Gasteiger partial charge < -0.3 is 4.74 Å². The van der Waals surface area contributed by atoms with E-state index in [-0.39, 0.29) is 0 Å². The minimum atomic E-state index is 0.763. The standard InChI is InChI=1S/C15H22N2O/c1-2-3-14-5-4-13-9-17(7-6-15(13)16-14)8-12-10-18-11-12/h4-5,12H,2-3,6-11H2,1H3. The second-order valence-corrected chi connectivity index (χ2v) is 5.55. The third kappa shape index (κ3) is 2.57. The summed E-state index contributed by atoms with van der Waals surface area (Å²) >= 11 is 0. The molecule has 0 N–H and O–H groups in total. The molecule has 3 heteroatoms. The van der Waals surface area contributed by atoms with E-state index in [4.69, 9.17) is 9.72 Å². The normalized spacial score (nSPS) is 20.5. The Bertz CT molecular complexity index is 415. The first-order valence-corrected chi connectivity index (χ1v) is 7.13. The predicted molar refractivity (Wildman–Crippen MR) is 71.5 cm³/mol. The maximum Gasteiger partial charge on any atom is 0.0528 e. The number of aryl methyl sites for hydroxylation is 1. The van der Waals surface area contributed by atoms with E-state index in [1.54, 1.807) is 0 Å². The zero-order valence-corrected chi connectivity index (χ0v) is 11.2. The number of ether oxygens (including phenoxy) is 1. The Morgan fingerprint density at radius 2 is 2.28 bits per heavy atom. The largest absolute Gasteiger partial charge is 0.381 e. The van der Waals surface area contributed by atoms with Gasteiger partial charge in [0, 0.05) is 43.4 Å². The van der Waals surface area contributed by atoms with Gasteiger partial charge in [0.2, 0.25) is 0 Å². The van der Waals surface area contributed by atoms with Gasteiger partial charge in [0.25, 0.3) is 0 Å². The lowest BCUT2D eigenvalue weighted by atomic mass is 10.0. The van der Waals surface area contributed by atoms with Crippen LogP contribution in [0.2, 0.25) is 0 Å². The van der Waals surface area contributed by atoms with Crippen LogP contribution in [0.5, 0.6) is 0 Å². The highest BCUT2D eigenvalue weighted by atomic mass is 16.5. The minimum absolute atomic E-state index is 0.763. The van der Waals surface area contributed by atoms with Crippen molar-refractivity contribution in [1.29, 1.82) is 0 Å². The zero-order valence-electron chi connectivity index (χ0n) is 11.2. The summed E-state index contributed by atoms with van der Waals surface area (Å²) in [6, 6.07) is 4.50. The van der Waals surface area contributed by atoms with Gasteiger partial charge >= 0.3 is 0 Å². The predicted octanol–water partition coefficient (Wildman–Crippen LogP) is 2.04. The Morgan fingerprint density at radius 3 is 3.00 bits per heavy atom. The van der Waals surface area contributed by atoms with Crippen molar-refractivity contribution in [2.24, 2.45) is 5.92 Å². The Kier molecular flexibility index (Phi) is 3.62. The average molecular weight is 246 g/mol. The molecule has 3 heterocycles. The SMILES string of the molecule is CCCc1ccc2c(n1)CCN(CC1COC1)C2. The first kappa shape index (κ1) is 12.1. The van der Waals surface area contributed by atoms with Gasteiger partial charge in [-0.2, -0.15) is 0 Å². The number of aromatic nitrogens is 1. The highest BCUT2D eigenvalue weighted by Gasteiger charge is 2.24. The molecule has 2 aliphatic heterocycles. The third-order valence-electron chi connectivity index (χ3n) is 3.91. The summed E-state index contributed by atoms with van der Waals surface area (Å²) in [5.41, 5.74) is 4.03. The van der Waals surface area contributed by atoms with Crippen LogP contribution in [-0.2, 0) is 24.1 Å². The highest BCUT2D eigenvalue weighted by Crippen LogP contribution is 2.21. The van der Waals surface area contributed by atoms with E-state index in [0.29, 0.717) is 0 Å². The van der Waals surface area contributed by atoms with Crippen LogP contribution in [0.25, 0.3) is 0 Å². The number of pyridine rings is 1. The molecule has 0 radical (unpaired) electrons. The first-order valence-electron chi connectivity index (χ1n) is 7.13. The van der Waals surface area contributed by atoms with Crippen molar-refractivity contribution < 1.29 is 4.74 Å². The van der Waals surface area contributed by atoms with Crippen molar-refractivity contribution in [3.05, 3.63) is 29.1 Å². The molecule has 0 bridgehead atoms. The number of fused-ring (bicyclic) bond motifs is 1. The Hall–Kier alpha value is -0.930. The summed E-state index contributed by atoms with van der Waals surface area (Å²) < 4.78 is 5.25. The zero-order chi connectivity index (χ0) is 12.4. The fourth-order valence-corrected chi connectivity index (χ4v) is 2.83. The van der Waals surface area contributed by atoms with Crippen LogP contribution in [0, 0.1) is 5.92 Å². The fraction of sp³-hybridized carbons (Fsp3) is 0.667. The molecule has 0 spiro atoms. The molecule has 0 aromatic carbocycles. The van der Waals surface area contributed by atoms with Crippen molar-refractivity contribution >= 4 is 0 Å². The van der Waals surface area contributed by atoms with Gasteiger partial charge in [0.15, 0.2) is 0 Å². The van der Waals surface area contributed by atoms with E-state index in [1.165, 1.54) is 29.9 Å². The summed E-state index contributed by atoms with van der Waals surface area (Å²) in [6.07, 6.45) is 3.40. The maximum absolute atomic E-state index is 5.25. The first-order chi connectivity index (χ1) is 8.85. The van der Waals surface area contributed by atoms with Gasteiger partial charge in [0.05, 0.1) is 13.2 Å². The smallest absolute Gasteiger partial charge is 0.0528 e. The van der Waals surface area contributed by atoms with Crippen molar-refractivity contribution in [2.75, 3.05) is 26.3 Å². The number of rotatable bonds is 4.